The number of esters is 1. The topological polar surface area (TPSA) is 85.2 Å². The fraction of sp³-hybridized carbons (Fsp3) is 0.118. The molecule has 0 aliphatic carbocycles. The van der Waals surface area contributed by atoms with E-state index in [1.807, 2.05) is 0 Å². The number of carbonyl (C=O) groups is 1. The molecule has 6 nitrogen and oxygen atoms in total. The zero-order valence-electron chi connectivity index (χ0n) is 12.6. The van der Waals surface area contributed by atoms with E-state index < -0.39 is 5.97 Å². The second kappa shape index (κ2) is 7.22. The van der Waals surface area contributed by atoms with Crippen molar-refractivity contribution in [3.8, 4) is 28.7 Å². The molecule has 0 radical (unpaired) electrons. The molecule has 2 rings (SSSR count). The average molecular weight is 316 g/mol. The third-order valence-corrected chi connectivity index (χ3v) is 2.99. The number of phenols is 2. The molecule has 0 aliphatic heterocycles. The summed E-state index contributed by atoms with van der Waals surface area (Å²) in [4.78, 5) is 11.8. The lowest BCUT2D eigenvalue weighted by Gasteiger charge is -2.06. The molecule has 120 valence electrons. The Labute approximate surface area is 133 Å². The van der Waals surface area contributed by atoms with Gasteiger partial charge in [0.2, 0.25) is 0 Å². The molecular weight excluding hydrogens is 300 g/mol. The van der Waals surface area contributed by atoms with Crippen molar-refractivity contribution in [3.05, 3.63) is 48.0 Å². The Bertz CT molecular complexity index is 736. The van der Waals surface area contributed by atoms with Crippen LogP contribution in [0.1, 0.15) is 5.56 Å². The van der Waals surface area contributed by atoms with Gasteiger partial charge in [0, 0.05) is 12.1 Å². The third-order valence-electron chi connectivity index (χ3n) is 2.99. The summed E-state index contributed by atoms with van der Waals surface area (Å²) in [6.45, 7) is 0. The van der Waals surface area contributed by atoms with E-state index in [0.717, 1.165) is 0 Å². The first kappa shape index (κ1) is 16.2. The second-order valence-electron chi connectivity index (χ2n) is 4.52. The van der Waals surface area contributed by atoms with Crippen LogP contribution in [0.3, 0.4) is 0 Å². The molecule has 0 atom stereocenters. The highest BCUT2D eigenvalue weighted by molar-refractivity contribution is 5.88. The van der Waals surface area contributed by atoms with Gasteiger partial charge in [-0.05, 0) is 35.9 Å². The lowest BCUT2D eigenvalue weighted by molar-refractivity contribution is -0.128. The molecule has 2 N–H and O–H groups in total. The summed E-state index contributed by atoms with van der Waals surface area (Å²) >= 11 is 0. The van der Waals surface area contributed by atoms with Crippen LogP contribution in [-0.2, 0) is 4.79 Å². The van der Waals surface area contributed by atoms with Crippen LogP contribution in [0.15, 0.2) is 42.5 Å². The van der Waals surface area contributed by atoms with Crippen molar-refractivity contribution in [1.29, 1.82) is 0 Å². The molecule has 0 saturated carbocycles. The van der Waals surface area contributed by atoms with Gasteiger partial charge in [-0.3, -0.25) is 0 Å². The van der Waals surface area contributed by atoms with Gasteiger partial charge in [0.05, 0.1) is 14.2 Å². The van der Waals surface area contributed by atoms with Gasteiger partial charge in [-0.1, -0.05) is 6.07 Å². The van der Waals surface area contributed by atoms with E-state index >= 15 is 0 Å². The Hall–Kier alpha value is -3.15. The highest BCUT2D eigenvalue weighted by atomic mass is 16.5. The molecular formula is C17H16O6. The minimum atomic E-state index is -0.593. The molecule has 0 spiro atoms. The van der Waals surface area contributed by atoms with Gasteiger partial charge in [0.25, 0.3) is 0 Å². The zero-order valence-corrected chi connectivity index (χ0v) is 12.6. The molecule has 0 unspecified atom stereocenters. The normalized spacial score (nSPS) is 10.5. The zero-order chi connectivity index (χ0) is 16.8. The van der Waals surface area contributed by atoms with Crippen molar-refractivity contribution >= 4 is 12.0 Å². The molecule has 0 bridgehead atoms. The predicted molar refractivity (Wildman–Crippen MR) is 84.0 cm³/mol. The molecule has 0 aliphatic rings. The van der Waals surface area contributed by atoms with Crippen molar-refractivity contribution in [3.63, 3.8) is 0 Å². The number of benzene rings is 2. The number of carbonyl (C=O) groups excluding carboxylic acids is 1. The first-order chi connectivity index (χ1) is 11.0. The van der Waals surface area contributed by atoms with Crippen molar-refractivity contribution < 1.29 is 29.2 Å². The SMILES string of the molecule is COc1cc(/C=C/C(=O)Oc2ccc(O)c(OC)c2)ccc1O. The fourth-order valence-electron chi connectivity index (χ4n) is 1.83. The van der Waals surface area contributed by atoms with Crippen LogP contribution in [0.5, 0.6) is 28.7 Å². The monoisotopic (exact) mass is 316 g/mol. The molecule has 23 heavy (non-hydrogen) atoms. The molecule has 0 saturated heterocycles. The average Bonchev–Trinajstić information content (AvgIpc) is 2.55. The van der Waals surface area contributed by atoms with Crippen LogP contribution >= 0.6 is 0 Å². The summed E-state index contributed by atoms with van der Waals surface area (Å²) in [5, 5.41) is 19.0. The molecule has 0 aromatic heterocycles. The van der Waals surface area contributed by atoms with Gasteiger partial charge in [-0.15, -0.1) is 0 Å². The van der Waals surface area contributed by atoms with Crippen LogP contribution in [0, 0.1) is 0 Å². The maximum atomic E-state index is 11.8. The van der Waals surface area contributed by atoms with Crippen LogP contribution in [0.25, 0.3) is 6.08 Å². The first-order valence-electron chi connectivity index (χ1n) is 6.67. The van der Waals surface area contributed by atoms with Crippen molar-refractivity contribution in [2.75, 3.05) is 14.2 Å². The summed E-state index contributed by atoms with van der Waals surface area (Å²) in [5.41, 5.74) is 0.667. The number of aromatic hydroxyl groups is 2. The summed E-state index contributed by atoms with van der Waals surface area (Å²) in [6.07, 6.45) is 2.77. The number of ether oxygens (including phenoxy) is 3. The second-order valence-corrected chi connectivity index (χ2v) is 4.52. The lowest BCUT2D eigenvalue weighted by atomic mass is 10.2. The van der Waals surface area contributed by atoms with E-state index in [-0.39, 0.29) is 23.0 Å². The standard InChI is InChI=1S/C17H16O6/c1-21-15-9-11(3-6-13(15)18)4-8-17(20)23-12-5-7-14(19)16(10-12)22-2/h3-10,18-19H,1-2H3/b8-4+. The van der Waals surface area contributed by atoms with E-state index in [2.05, 4.69) is 0 Å². The van der Waals surface area contributed by atoms with Gasteiger partial charge < -0.3 is 24.4 Å². The number of methoxy groups -OCH3 is 2. The molecule has 0 amide bonds. The summed E-state index contributed by atoms with van der Waals surface area (Å²) in [6, 6.07) is 8.91. The third kappa shape index (κ3) is 4.16. The Morgan fingerprint density at radius 3 is 2.22 bits per heavy atom. The van der Waals surface area contributed by atoms with E-state index in [9.17, 15) is 15.0 Å². The lowest BCUT2D eigenvalue weighted by Crippen LogP contribution is -2.03. The molecule has 0 fully saturated rings. The van der Waals surface area contributed by atoms with E-state index in [4.69, 9.17) is 14.2 Å². The van der Waals surface area contributed by atoms with Gasteiger partial charge in [-0.2, -0.15) is 0 Å². The van der Waals surface area contributed by atoms with Gasteiger partial charge in [-0.25, -0.2) is 4.79 Å². The summed E-state index contributed by atoms with van der Waals surface area (Å²) in [5.74, 6) is 0.149. The van der Waals surface area contributed by atoms with Crippen LogP contribution < -0.4 is 14.2 Å². The van der Waals surface area contributed by atoms with E-state index in [0.29, 0.717) is 11.3 Å². The van der Waals surface area contributed by atoms with E-state index in [1.165, 1.54) is 50.6 Å². The molecule has 6 heteroatoms. The fourth-order valence-corrected chi connectivity index (χ4v) is 1.83. The van der Waals surface area contributed by atoms with Crippen LogP contribution in [0.2, 0.25) is 0 Å². The van der Waals surface area contributed by atoms with Crippen LogP contribution in [-0.4, -0.2) is 30.4 Å². The molecule has 2 aromatic carbocycles. The smallest absolute Gasteiger partial charge is 0.336 e. The highest BCUT2D eigenvalue weighted by Gasteiger charge is 2.06. The predicted octanol–water partition coefficient (Wildman–Crippen LogP) is 2.73. The maximum absolute atomic E-state index is 11.8. The number of rotatable bonds is 5. The van der Waals surface area contributed by atoms with E-state index in [1.54, 1.807) is 12.1 Å². The minimum Gasteiger partial charge on any atom is -0.504 e. The van der Waals surface area contributed by atoms with Crippen molar-refractivity contribution in [2.45, 2.75) is 0 Å². The maximum Gasteiger partial charge on any atom is 0.336 e. The van der Waals surface area contributed by atoms with Crippen molar-refractivity contribution in [1.82, 2.24) is 0 Å². The van der Waals surface area contributed by atoms with Gasteiger partial charge in [0.1, 0.15) is 5.75 Å². The Balaban J connectivity index is 2.07. The quantitative estimate of drug-likeness (QED) is 0.501. The Morgan fingerprint density at radius 1 is 0.957 bits per heavy atom. The van der Waals surface area contributed by atoms with Gasteiger partial charge in [0.15, 0.2) is 23.0 Å². The van der Waals surface area contributed by atoms with Crippen LogP contribution in [0.4, 0.5) is 0 Å². The number of hydrogen-bond acceptors (Lipinski definition) is 6. The summed E-state index contributed by atoms with van der Waals surface area (Å²) in [7, 11) is 2.84. The molecule has 2 aromatic rings. The van der Waals surface area contributed by atoms with Gasteiger partial charge >= 0.3 is 5.97 Å². The number of phenolic OH excluding ortho intramolecular Hbond substituents is 2. The van der Waals surface area contributed by atoms with Crippen molar-refractivity contribution in [2.24, 2.45) is 0 Å². The summed E-state index contributed by atoms with van der Waals surface area (Å²) < 4.78 is 15.0. The number of hydrogen-bond donors (Lipinski definition) is 2. The highest BCUT2D eigenvalue weighted by Crippen LogP contribution is 2.30. The largest absolute Gasteiger partial charge is 0.504 e. The molecule has 0 heterocycles. The minimum absolute atomic E-state index is 0.0171. The Kier molecular flexibility index (Phi) is 5.09. The Morgan fingerprint density at radius 2 is 1.57 bits per heavy atom. The first-order valence-corrected chi connectivity index (χ1v) is 6.67.